The highest BCUT2D eigenvalue weighted by Crippen LogP contribution is 2.19. The van der Waals surface area contributed by atoms with Gasteiger partial charge < -0.3 is 5.32 Å². The van der Waals surface area contributed by atoms with Crippen molar-refractivity contribution in [2.24, 2.45) is 5.41 Å². The van der Waals surface area contributed by atoms with Crippen LogP contribution in [-0.4, -0.2) is 6.54 Å². The van der Waals surface area contributed by atoms with Gasteiger partial charge in [-0.25, -0.2) is 0 Å². The molecule has 0 spiro atoms. The number of hydrogen-bond acceptors (Lipinski definition) is 3. The van der Waals surface area contributed by atoms with E-state index in [-0.39, 0.29) is 5.41 Å². The number of nitrogens with one attached hydrogen (secondary N) is 1. The Hall–Kier alpha value is -1.84. The maximum Gasteiger partial charge on any atom is 0.0991 e. The summed E-state index contributed by atoms with van der Waals surface area (Å²) >= 11 is 0. The van der Waals surface area contributed by atoms with Crippen LogP contribution in [0.3, 0.4) is 0 Å². The Morgan fingerprint density at radius 2 is 2.06 bits per heavy atom. The Balaban J connectivity index is 2.27. The summed E-state index contributed by atoms with van der Waals surface area (Å²) < 4.78 is 0. The highest BCUT2D eigenvalue weighted by atomic mass is 14.8. The van der Waals surface area contributed by atoms with Crippen LogP contribution < -0.4 is 5.32 Å². The van der Waals surface area contributed by atoms with Crippen molar-refractivity contribution in [3.05, 3.63) is 35.4 Å². The lowest BCUT2D eigenvalue weighted by Crippen LogP contribution is -2.17. The van der Waals surface area contributed by atoms with Crippen LogP contribution in [0, 0.1) is 28.1 Å². The zero-order valence-electron chi connectivity index (χ0n) is 11.0. The molecule has 1 N–H and O–H groups in total. The van der Waals surface area contributed by atoms with E-state index in [9.17, 15) is 0 Å². The number of nitrogens with zero attached hydrogens (tertiary/aromatic N) is 2. The van der Waals surface area contributed by atoms with Gasteiger partial charge in [-0.05, 0) is 50.9 Å². The first-order valence-corrected chi connectivity index (χ1v) is 6.18. The van der Waals surface area contributed by atoms with Gasteiger partial charge in [0.2, 0.25) is 0 Å². The van der Waals surface area contributed by atoms with Crippen molar-refractivity contribution in [1.29, 1.82) is 10.5 Å². The van der Waals surface area contributed by atoms with Crippen molar-refractivity contribution in [3.63, 3.8) is 0 Å². The van der Waals surface area contributed by atoms with Gasteiger partial charge in [0.25, 0.3) is 0 Å². The molecule has 0 atom stereocenters. The molecule has 0 heterocycles. The van der Waals surface area contributed by atoms with Crippen molar-refractivity contribution < 1.29 is 0 Å². The fourth-order valence-electron chi connectivity index (χ4n) is 1.69. The molecule has 0 aromatic heterocycles. The predicted octanol–water partition coefficient (Wildman–Crippen LogP) is 2.98. The van der Waals surface area contributed by atoms with Gasteiger partial charge >= 0.3 is 0 Å². The molecule has 1 aromatic carbocycles. The standard InChI is InChI=1S/C15H19N3/c1-15(2,12-17)7-4-8-18-11-14-6-3-5-13(9-14)10-16/h3,5-6,9,18H,4,7-8,11H2,1-2H3. The van der Waals surface area contributed by atoms with E-state index in [4.69, 9.17) is 10.5 Å². The lowest BCUT2D eigenvalue weighted by molar-refractivity contribution is 0.426. The van der Waals surface area contributed by atoms with Crippen LogP contribution in [0.25, 0.3) is 0 Å². The molecule has 0 fully saturated rings. The van der Waals surface area contributed by atoms with Crippen LogP contribution in [0.2, 0.25) is 0 Å². The molecular weight excluding hydrogens is 222 g/mol. The normalized spacial score (nSPS) is 10.7. The summed E-state index contributed by atoms with van der Waals surface area (Å²) in [4.78, 5) is 0. The van der Waals surface area contributed by atoms with Crippen LogP contribution >= 0.6 is 0 Å². The molecule has 0 aliphatic heterocycles. The molecule has 3 heteroatoms. The second-order valence-corrected chi connectivity index (χ2v) is 5.09. The summed E-state index contributed by atoms with van der Waals surface area (Å²) in [6, 6.07) is 12.0. The fraction of sp³-hybridized carbons (Fsp3) is 0.467. The van der Waals surface area contributed by atoms with E-state index in [1.54, 1.807) is 6.07 Å². The molecular formula is C15H19N3. The molecule has 0 radical (unpaired) electrons. The van der Waals surface area contributed by atoms with Crippen LogP contribution in [0.15, 0.2) is 24.3 Å². The topological polar surface area (TPSA) is 59.6 Å². The molecule has 0 bridgehead atoms. The average Bonchev–Trinajstić information content (AvgIpc) is 2.38. The van der Waals surface area contributed by atoms with Gasteiger partial charge in [-0.1, -0.05) is 12.1 Å². The predicted molar refractivity (Wildman–Crippen MR) is 71.5 cm³/mol. The second-order valence-electron chi connectivity index (χ2n) is 5.09. The van der Waals surface area contributed by atoms with Crippen molar-refractivity contribution in [3.8, 4) is 12.1 Å². The first kappa shape index (κ1) is 14.2. The third-order valence-corrected chi connectivity index (χ3v) is 2.84. The van der Waals surface area contributed by atoms with E-state index >= 15 is 0 Å². The van der Waals surface area contributed by atoms with Gasteiger partial charge in [-0.3, -0.25) is 0 Å². The highest BCUT2D eigenvalue weighted by Gasteiger charge is 2.15. The van der Waals surface area contributed by atoms with Gasteiger partial charge in [0.05, 0.1) is 23.1 Å². The summed E-state index contributed by atoms with van der Waals surface area (Å²) in [5.74, 6) is 0. The molecule has 0 unspecified atom stereocenters. The Bertz CT molecular complexity index is 463. The molecule has 3 nitrogen and oxygen atoms in total. The van der Waals surface area contributed by atoms with Crippen LogP contribution in [0.1, 0.15) is 37.8 Å². The second kappa shape index (κ2) is 6.79. The Labute approximate surface area is 109 Å². The summed E-state index contributed by atoms with van der Waals surface area (Å²) in [5.41, 5.74) is 1.58. The third kappa shape index (κ3) is 4.99. The number of hydrogen-bond donors (Lipinski definition) is 1. The van der Waals surface area contributed by atoms with Crippen LogP contribution in [-0.2, 0) is 6.54 Å². The molecule has 0 saturated heterocycles. The minimum Gasteiger partial charge on any atom is -0.313 e. The molecule has 0 aliphatic carbocycles. The summed E-state index contributed by atoms with van der Waals surface area (Å²) in [6.45, 7) is 5.58. The summed E-state index contributed by atoms with van der Waals surface area (Å²) in [6.07, 6.45) is 1.88. The number of rotatable bonds is 6. The highest BCUT2D eigenvalue weighted by molar-refractivity contribution is 5.32. The minimum absolute atomic E-state index is 0.234. The van der Waals surface area contributed by atoms with E-state index in [2.05, 4.69) is 17.5 Å². The van der Waals surface area contributed by atoms with Crippen LogP contribution in [0.5, 0.6) is 0 Å². The van der Waals surface area contributed by atoms with Gasteiger partial charge in [0, 0.05) is 6.54 Å². The lowest BCUT2D eigenvalue weighted by atomic mass is 9.90. The third-order valence-electron chi connectivity index (χ3n) is 2.84. The largest absolute Gasteiger partial charge is 0.313 e. The monoisotopic (exact) mass is 241 g/mol. The maximum absolute atomic E-state index is 8.89. The zero-order chi connectivity index (χ0) is 13.4. The van der Waals surface area contributed by atoms with Gasteiger partial charge in [-0.2, -0.15) is 10.5 Å². The Morgan fingerprint density at radius 1 is 1.28 bits per heavy atom. The quantitative estimate of drug-likeness (QED) is 0.779. The lowest BCUT2D eigenvalue weighted by Gasteiger charge is -2.14. The summed E-state index contributed by atoms with van der Waals surface area (Å²) in [5, 5.41) is 21.0. The van der Waals surface area contributed by atoms with E-state index < -0.39 is 0 Å². The SMILES string of the molecule is CC(C)(C#N)CCCNCc1cccc(C#N)c1. The van der Waals surface area contributed by atoms with Crippen molar-refractivity contribution in [2.75, 3.05) is 6.54 Å². The molecule has 0 aliphatic rings. The molecule has 18 heavy (non-hydrogen) atoms. The first-order valence-electron chi connectivity index (χ1n) is 6.18. The van der Waals surface area contributed by atoms with Gasteiger partial charge in [-0.15, -0.1) is 0 Å². The molecule has 1 aromatic rings. The maximum atomic E-state index is 8.89. The van der Waals surface area contributed by atoms with E-state index in [0.29, 0.717) is 5.56 Å². The fourth-order valence-corrected chi connectivity index (χ4v) is 1.69. The van der Waals surface area contributed by atoms with E-state index in [1.165, 1.54) is 0 Å². The average molecular weight is 241 g/mol. The van der Waals surface area contributed by atoms with Crippen molar-refractivity contribution >= 4 is 0 Å². The zero-order valence-corrected chi connectivity index (χ0v) is 11.0. The molecule has 0 saturated carbocycles. The molecule has 94 valence electrons. The van der Waals surface area contributed by atoms with Crippen molar-refractivity contribution in [2.45, 2.75) is 33.2 Å². The molecule has 0 amide bonds. The first-order chi connectivity index (χ1) is 8.57. The smallest absolute Gasteiger partial charge is 0.0991 e. The molecule has 1 rings (SSSR count). The van der Waals surface area contributed by atoms with Gasteiger partial charge in [0.15, 0.2) is 0 Å². The Kier molecular flexibility index (Phi) is 5.36. The minimum atomic E-state index is -0.234. The van der Waals surface area contributed by atoms with E-state index in [1.807, 2.05) is 32.0 Å². The van der Waals surface area contributed by atoms with Gasteiger partial charge in [0.1, 0.15) is 0 Å². The number of nitriles is 2. The number of benzene rings is 1. The van der Waals surface area contributed by atoms with Crippen molar-refractivity contribution in [1.82, 2.24) is 5.32 Å². The van der Waals surface area contributed by atoms with Crippen LogP contribution in [0.4, 0.5) is 0 Å². The Morgan fingerprint density at radius 3 is 2.72 bits per heavy atom. The summed E-state index contributed by atoms with van der Waals surface area (Å²) in [7, 11) is 0. The van der Waals surface area contributed by atoms with E-state index in [0.717, 1.165) is 31.5 Å².